The third kappa shape index (κ3) is 3.65. The van der Waals surface area contributed by atoms with E-state index in [1.54, 1.807) is 23.8 Å². The normalized spacial score (nSPS) is 24.3. The van der Waals surface area contributed by atoms with Gasteiger partial charge in [0, 0.05) is 24.3 Å². The lowest BCUT2D eigenvalue weighted by molar-refractivity contribution is -0.156. The molecule has 2 aliphatic rings. The standard InChI is InChI=1S/C18H22N2O5S/c1-18-8-7-16(22)20(18)13(11-26-18)17(23)25-10-15(21)19-9-12-5-3-4-6-14(12)24-2/h3-6,13H,7-11H2,1-2H3,(H,19,21)/t13-,18+/m1/s1. The van der Waals surface area contributed by atoms with Gasteiger partial charge in [0.05, 0.1) is 12.0 Å². The lowest BCUT2D eigenvalue weighted by Gasteiger charge is -2.29. The number of hydrogen-bond donors (Lipinski definition) is 1. The summed E-state index contributed by atoms with van der Waals surface area (Å²) in [7, 11) is 1.56. The van der Waals surface area contributed by atoms with Gasteiger partial charge in [-0.1, -0.05) is 18.2 Å². The first-order chi connectivity index (χ1) is 12.4. The minimum Gasteiger partial charge on any atom is -0.496 e. The molecule has 2 fully saturated rings. The molecule has 0 aliphatic carbocycles. The molecule has 0 unspecified atom stereocenters. The summed E-state index contributed by atoms with van der Waals surface area (Å²) >= 11 is 1.59. The molecule has 0 aromatic heterocycles. The molecule has 8 heteroatoms. The molecule has 2 aliphatic heterocycles. The number of nitrogens with zero attached hydrogens (tertiary/aromatic N) is 1. The molecule has 0 bridgehead atoms. The van der Waals surface area contributed by atoms with E-state index in [0.717, 1.165) is 12.0 Å². The molecule has 2 heterocycles. The van der Waals surface area contributed by atoms with Gasteiger partial charge in [0.1, 0.15) is 11.8 Å². The van der Waals surface area contributed by atoms with Crippen LogP contribution in [0.2, 0.25) is 0 Å². The third-order valence-corrected chi connectivity index (χ3v) is 6.24. The number of carbonyl (C=O) groups excluding carboxylic acids is 3. The van der Waals surface area contributed by atoms with E-state index in [1.807, 2.05) is 31.2 Å². The number of fused-ring (bicyclic) bond motifs is 1. The molecule has 1 aromatic carbocycles. The van der Waals surface area contributed by atoms with Gasteiger partial charge >= 0.3 is 5.97 Å². The average molecular weight is 378 g/mol. The Kier molecular flexibility index (Phi) is 5.41. The Hall–Kier alpha value is -2.22. The molecular weight excluding hydrogens is 356 g/mol. The molecule has 3 rings (SSSR count). The predicted molar refractivity (Wildman–Crippen MR) is 96.5 cm³/mol. The van der Waals surface area contributed by atoms with Gasteiger partial charge in [0.2, 0.25) is 5.91 Å². The smallest absolute Gasteiger partial charge is 0.330 e. The zero-order chi connectivity index (χ0) is 18.7. The quantitative estimate of drug-likeness (QED) is 0.752. The number of esters is 1. The Morgan fingerprint density at radius 3 is 2.92 bits per heavy atom. The fourth-order valence-corrected chi connectivity index (χ4v) is 4.74. The molecule has 140 valence electrons. The first-order valence-corrected chi connectivity index (χ1v) is 9.44. The fourth-order valence-electron chi connectivity index (χ4n) is 3.32. The number of benzene rings is 1. The maximum Gasteiger partial charge on any atom is 0.330 e. The van der Waals surface area contributed by atoms with E-state index >= 15 is 0 Å². The van der Waals surface area contributed by atoms with Gasteiger partial charge in [-0.2, -0.15) is 0 Å². The van der Waals surface area contributed by atoms with Gasteiger partial charge in [-0.15, -0.1) is 11.8 Å². The van der Waals surface area contributed by atoms with Crippen LogP contribution >= 0.6 is 11.8 Å². The Morgan fingerprint density at radius 2 is 2.15 bits per heavy atom. The van der Waals surface area contributed by atoms with Crippen molar-refractivity contribution in [3.05, 3.63) is 29.8 Å². The molecule has 2 amide bonds. The number of para-hydroxylation sites is 1. The van der Waals surface area contributed by atoms with Crippen LogP contribution in [0.5, 0.6) is 5.75 Å². The molecule has 7 nitrogen and oxygen atoms in total. The number of ether oxygens (including phenoxy) is 2. The maximum absolute atomic E-state index is 12.3. The number of rotatable bonds is 6. The van der Waals surface area contributed by atoms with Crippen molar-refractivity contribution >= 4 is 29.5 Å². The van der Waals surface area contributed by atoms with Crippen molar-refractivity contribution in [2.75, 3.05) is 19.5 Å². The van der Waals surface area contributed by atoms with Gasteiger partial charge in [0.25, 0.3) is 5.91 Å². The second kappa shape index (κ2) is 7.57. The largest absolute Gasteiger partial charge is 0.496 e. The highest BCUT2D eigenvalue weighted by Gasteiger charge is 2.53. The molecule has 2 saturated heterocycles. The summed E-state index contributed by atoms with van der Waals surface area (Å²) in [6.07, 6.45) is 1.19. The lowest BCUT2D eigenvalue weighted by atomic mass is 10.2. The first-order valence-electron chi connectivity index (χ1n) is 8.46. The van der Waals surface area contributed by atoms with Gasteiger partial charge in [-0.25, -0.2) is 4.79 Å². The summed E-state index contributed by atoms with van der Waals surface area (Å²) in [6, 6.07) is 6.75. The summed E-state index contributed by atoms with van der Waals surface area (Å²) in [6.45, 7) is 1.88. The first kappa shape index (κ1) is 18.6. The van der Waals surface area contributed by atoms with Gasteiger partial charge in [0.15, 0.2) is 6.61 Å². The molecular formula is C18H22N2O5S. The molecule has 0 radical (unpaired) electrons. The van der Waals surface area contributed by atoms with Crippen LogP contribution in [0.25, 0.3) is 0 Å². The van der Waals surface area contributed by atoms with E-state index < -0.39 is 17.9 Å². The number of hydrogen-bond acceptors (Lipinski definition) is 6. The summed E-state index contributed by atoms with van der Waals surface area (Å²) in [4.78, 5) is 37.6. The molecule has 26 heavy (non-hydrogen) atoms. The van der Waals surface area contributed by atoms with Crippen molar-refractivity contribution in [2.24, 2.45) is 0 Å². The van der Waals surface area contributed by atoms with Crippen molar-refractivity contribution in [2.45, 2.75) is 37.2 Å². The van der Waals surface area contributed by atoms with Gasteiger partial charge in [-0.3, -0.25) is 9.59 Å². The van der Waals surface area contributed by atoms with Crippen molar-refractivity contribution < 1.29 is 23.9 Å². The summed E-state index contributed by atoms with van der Waals surface area (Å²) in [5, 5.41) is 2.70. The fraction of sp³-hybridized carbons (Fsp3) is 0.500. The molecule has 1 aromatic rings. The molecule has 0 spiro atoms. The highest BCUT2D eigenvalue weighted by Crippen LogP contribution is 2.47. The maximum atomic E-state index is 12.3. The van der Waals surface area contributed by atoms with E-state index in [-0.39, 0.29) is 23.9 Å². The van der Waals surface area contributed by atoms with Crippen molar-refractivity contribution in [1.29, 1.82) is 0 Å². The van der Waals surface area contributed by atoms with Gasteiger partial charge in [-0.05, 0) is 19.4 Å². The van der Waals surface area contributed by atoms with E-state index in [4.69, 9.17) is 9.47 Å². The second-order valence-corrected chi connectivity index (χ2v) is 7.96. The Morgan fingerprint density at radius 1 is 1.38 bits per heavy atom. The number of nitrogens with one attached hydrogen (secondary N) is 1. The summed E-state index contributed by atoms with van der Waals surface area (Å²) in [5.74, 6) is 0.234. The second-order valence-electron chi connectivity index (χ2n) is 6.46. The zero-order valence-electron chi connectivity index (χ0n) is 14.8. The minimum absolute atomic E-state index is 0.0277. The SMILES string of the molecule is COc1ccccc1CNC(=O)COC(=O)[C@H]1CS[C@@]2(C)CCC(=O)N12. The van der Waals surface area contributed by atoms with Crippen LogP contribution in [0.4, 0.5) is 0 Å². The highest BCUT2D eigenvalue weighted by molar-refractivity contribution is 8.01. The van der Waals surface area contributed by atoms with Crippen LogP contribution in [0.3, 0.4) is 0 Å². The number of amides is 2. The van der Waals surface area contributed by atoms with Crippen LogP contribution in [0, 0.1) is 0 Å². The topological polar surface area (TPSA) is 84.9 Å². The monoisotopic (exact) mass is 378 g/mol. The Balaban J connectivity index is 1.49. The van der Waals surface area contributed by atoms with Crippen LogP contribution in [0.15, 0.2) is 24.3 Å². The Bertz CT molecular complexity index is 725. The van der Waals surface area contributed by atoms with Crippen LogP contribution in [0.1, 0.15) is 25.3 Å². The van der Waals surface area contributed by atoms with Gasteiger partial charge < -0.3 is 19.7 Å². The number of carbonyl (C=O) groups is 3. The van der Waals surface area contributed by atoms with E-state index in [2.05, 4.69) is 5.32 Å². The van der Waals surface area contributed by atoms with Crippen molar-refractivity contribution in [1.82, 2.24) is 10.2 Å². The molecule has 2 atom stereocenters. The van der Waals surface area contributed by atoms with Crippen LogP contribution < -0.4 is 10.1 Å². The summed E-state index contributed by atoms with van der Waals surface area (Å²) < 4.78 is 10.4. The average Bonchev–Trinajstić information content (AvgIpc) is 3.14. The number of thioether (sulfide) groups is 1. The predicted octanol–water partition coefficient (Wildman–Crippen LogP) is 1.31. The zero-order valence-corrected chi connectivity index (χ0v) is 15.6. The number of methoxy groups -OCH3 is 1. The minimum atomic E-state index is -0.609. The van der Waals surface area contributed by atoms with Crippen LogP contribution in [-0.4, -0.2) is 53.1 Å². The summed E-state index contributed by atoms with van der Waals surface area (Å²) in [5.41, 5.74) is 0.834. The Labute approximate surface area is 156 Å². The van der Waals surface area contributed by atoms with E-state index in [9.17, 15) is 14.4 Å². The third-order valence-electron chi connectivity index (χ3n) is 4.73. The van der Waals surface area contributed by atoms with Crippen LogP contribution in [-0.2, 0) is 25.7 Å². The molecule has 1 N–H and O–H groups in total. The van der Waals surface area contributed by atoms with Crippen molar-refractivity contribution in [3.8, 4) is 5.75 Å². The van der Waals surface area contributed by atoms with E-state index in [0.29, 0.717) is 17.9 Å². The van der Waals surface area contributed by atoms with E-state index in [1.165, 1.54) is 0 Å². The molecule has 0 saturated carbocycles. The van der Waals surface area contributed by atoms with Crippen molar-refractivity contribution in [3.63, 3.8) is 0 Å². The highest BCUT2D eigenvalue weighted by atomic mass is 32.2. The lowest BCUT2D eigenvalue weighted by Crippen LogP contribution is -2.47.